The third kappa shape index (κ3) is 1.57. The number of benzene rings is 1. The first kappa shape index (κ1) is 9.73. The molecule has 0 fully saturated rings. The van der Waals surface area contributed by atoms with Crippen LogP contribution in [0.1, 0.15) is 10.4 Å². The number of nitrogens with one attached hydrogen (secondary N) is 1. The van der Waals surface area contributed by atoms with E-state index < -0.39 is 0 Å². The number of rotatable bonds is 0. The minimum Gasteiger partial charge on any atom is -0.344 e. The summed E-state index contributed by atoms with van der Waals surface area (Å²) in [4.78, 5) is 13.0. The highest BCUT2D eigenvalue weighted by Gasteiger charge is 2.27. The van der Waals surface area contributed by atoms with Crippen molar-refractivity contribution in [1.29, 1.82) is 0 Å². The summed E-state index contributed by atoms with van der Waals surface area (Å²) in [6, 6.07) is 7.87. The minimum absolute atomic E-state index is 0.0237. The smallest absolute Gasteiger partial charge is 0.252 e. The Bertz CT molecular complexity index is 492. The van der Waals surface area contributed by atoms with Gasteiger partial charge >= 0.3 is 0 Å². The fraction of sp³-hybridized carbons (Fsp3) is 0.154. The van der Waals surface area contributed by atoms with Gasteiger partial charge in [0.05, 0.1) is 16.9 Å². The summed E-state index contributed by atoms with van der Waals surface area (Å²) in [7, 11) is 0. The van der Waals surface area contributed by atoms with Crippen molar-refractivity contribution in [3.8, 4) is 0 Å². The van der Waals surface area contributed by atoms with Gasteiger partial charge in [0.2, 0.25) is 0 Å². The van der Waals surface area contributed by atoms with Gasteiger partial charge in [0.1, 0.15) is 0 Å². The van der Waals surface area contributed by atoms with Crippen LogP contribution >= 0.6 is 11.8 Å². The van der Waals surface area contributed by atoms with Gasteiger partial charge in [0, 0.05) is 4.90 Å². The van der Waals surface area contributed by atoms with Crippen LogP contribution in [0.2, 0.25) is 0 Å². The van der Waals surface area contributed by atoms with Gasteiger partial charge in [-0.05, 0) is 12.1 Å². The van der Waals surface area contributed by atoms with Crippen LogP contribution in [-0.4, -0.2) is 17.2 Å². The van der Waals surface area contributed by atoms with Crippen molar-refractivity contribution in [3.05, 3.63) is 54.1 Å². The van der Waals surface area contributed by atoms with Crippen LogP contribution in [-0.2, 0) is 0 Å². The molecule has 1 aliphatic heterocycles. The van der Waals surface area contributed by atoms with E-state index in [1.54, 1.807) is 11.8 Å². The zero-order valence-corrected chi connectivity index (χ0v) is 9.41. The van der Waals surface area contributed by atoms with Gasteiger partial charge in [-0.3, -0.25) is 4.79 Å². The summed E-state index contributed by atoms with van der Waals surface area (Å²) in [5, 5.41) is 3.34. The zero-order valence-electron chi connectivity index (χ0n) is 8.59. The van der Waals surface area contributed by atoms with Crippen molar-refractivity contribution in [2.24, 2.45) is 0 Å². The molecule has 1 aromatic carbocycles. The van der Waals surface area contributed by atoms with Crippen LogP contribution in [0.4, 0.5) is 0 Å². The monoisotopic (exact) mass is 229 g/mol. The normalized spacial score (nSPS) is 26.6. The molecular weight excluding hydrogens is 218 g/mol. The average Bonchev–Trinajstić information content (AvgIpc) is 2.45. The lowest BCUT2D eigenvalue weighted by molar-refractivity contribution is 0.0944. The molecule has 0 saturated carbocycles. The Labute approximate surface area is 98.4 Å². The van der Waals surface area contributed by atoms with Crippen LogP contribution in [0.25, 0.3) is 0 Å². The molecule has 2 nitrogen and oxygen atoms in total. The molecule has 2 aliphatic rings. The number of amides is 1. The van der Waals surface area contributed by atoms with E-state index in [4.69, 9.17) is 0 Å². The maximum atomic E-state index is 12.0. The van der Waals surface area contributed by atoms with Crippen molar-refractivity contribution >= 4 is 17.7 Å². The number of carbonyl (C=O) groups excluding carboxylic acids is 1. The van der Waals surface area contributed by atoms with E-state index in [0.717, 1.165) is 10.5 Å². The minimum atomic E-state index is 0.0237. The number of allylic oxidation sites excluding steroid dienone is 2. The first-order valence-corrected chi connectivity index (χ1v) is 6.14. The molecule has 3 heteroatoms. The second kappa shape index (κ2) is 3.83. The molecule has 3 rings (SSSR count). The fourth-order valence-electron chi connectivity index (χ4n) is 1.96. The fourth-order valence-corrected chi connectivity index (χ4v) is 3.18. The van der Waals surface area contributed by atoms with Gasteiger partial charge in [-0.1, -0.05) is 36.4 Å². The summed E-state index contributed by atoms with van der Waals surface area (Å²) in [5.74, 6) is 0.0237. The molecule has 1 amide bonds. The Hall–Kier alpha value is -1.48. The lowest BCUT2D eigenvalue weighted by Crippen LogP contribution is -2.38. The Morgan fingerprint density at radius 1 is 1.12 bits per heavy atom. The highest BCUT2D eigenvalue weighted by Crippen LogP contribution is 2.33. The van der Waals surface area contributed by atoms with E-state index in [2.05, 4.69) is 11.4 Å². The number of hydrogen-bond donors (Lipinski definition) is 1. The first-order valence-electron chi connectivity index (χ1n) is 5.26. The van der Waals surface area contributed by atoms with Gasteiger partial charge < -0.3 is 5.32 Å². The number of fused-ring (bicyclic) bond motifs is 2. The van der Waals surface area contributed by atoms with E-state index in [-0.39, 0.29) is 11.9 Å². The van der Waals surface area contributed by atoms with Crippen LogP contribution in [0.15, 0.2) is 53.5 Å². The predicted octanol–water partition coefficient (Wildman–Crippen LogP) is 2.39. The van der Waals surface area contributed by atoms with Crippen LogP contribution in [0.3, 0.4) is 0 Å². The van der Waals surface area contributed by atoms with Gasteiger partial charge in [0.25, 0.3) is 5.91 Å². The maximum absolute atomic E-state index is 12.0. The van der Waals surface area contributed by atoms with Crippen LogP contribution in [0, 0.1) is 0 Å². The molecule has 1 aromatic rings. The SMILES string of the molecule is O=C1NC2C=CC=CC2Sc2ccccc21. The Morgan fingerprint density at radius 2 is 1.94 bits per heavy atom. The zero-order chi connectivity index (χ0) is 11.0. The topological polar surface area (TPSA) is 29.1 Å². The molecule has 2 unspecified atom stereocenters. The largest absolute Gasteiger partial charge is 0.344 e. The van der Waals surface area contributed by atoms with E-state index in [1.165, 1.54) is 0 Å². The van der Waals surface area contributed by atoms with Gasteiger partial charge in [0.15, 0.2) is 0 Å². The lowest BCUT2D eigenvalue weighted by Gasteiger charge is -2.21. The van der Waals surface area contributed by atoms with Crippen molar-refractivity contribution in [3.63, 3.8) is 0 Å². The Balaban J connectivity index is 2.04. The average molecular weight is 229 g/mol. The molecule has 1 aliphatic carbocycles. The Morgan fingerprint density at radius 3 is 2.88 bits per heavy atom. The van der Waals surface area contributed by atoms with Crippen LogP contribution < -0.4 is 5.32 Å². The summed E-state index contributed by atoms with van der Waals surface area (Å²) in [5.41, 5.74) is 0.781. The number of hydrogen-bond acceptors (Lipinski definition) is 2. The second-order valence-electron chi connectivity index (χ2n) is 3.85. The summed E-state index contributed by atoms with van der Waals surface area (Å²) in [6.07, 6.45) is 8.20. The van der Waals surface area contributed by atoms with Gasteiger partial charge in [-0.2, -0.15) is 0 Å². The molecule has 0 aromatic heterocycles. The molecule has 16 heavy (non-hydrogen) atoms. The third-order valence-corrected chi connectivity index (χ3v) is 4.11. The summed E-state index contributed by atoms with van der Waals surface area (Å²) in [6.45, 7) is 0. The van der Waals surface area contributed by atoms with Crippen molar-refractivity contribution in [1.82, 2.24) is 5.32 Å². The molecule has 0 radical (unpaired) electrons. The molecule has 0 spiro atoms. The summed E-state index contributed by atoms with van der Waals surface area (Å²) >= 11 is 1.74. The van der Waals surface area contributed by atoms with Gasteiger partial charge in [-0.15, -0.1) is 11.8 Å². The first-order chi connectivity index (χ1) is 7.84. The highest BCUT2D eigenvalue weighted by molar-refractivity contribution is 8.00. The molecule has 0 saturated heterocycles. The molecule has 1 heterocycles. The molecular formula is C13H11NOS. The molecule has 0 bridgehead atoms. The predicted molar refractivity (Wildman–Crippen MR) is 65.6 cm³/mol. The Kier molecular flexibility index (Phi) is 2.33. The van der Waals surface area contributed by atoms with Crippen molar-refractivity contribution in [2.45, 2.75) is 16.2 Å². The summed E-state index contributed by atoms with van der Waals surface area (Å²) < 4.78 is 0. The standard InChI is InChI=1S/C13H11NOS/c15-13-9-5-1-3-7-11(9)16-12-8-4-2-6-10(12)14-13/h1-8,10,12H,(H,14,15). The van der Waals surface area contributed by atoms with Crippen molar-refractivity contribution in [2.75, 3.05) is 0 Å². The van der Waals surface area contributed by atoms with E-state index in [1.807, 2.05) is 42.5 Å². The second-order valence-corrected chi connectivity index (χ2v) is 5.07. The highest BCUT2D eigenvalue weighted by atomic mass is 32.2. The van der Waals surface area contributed by atoms with Crippen molar-refractivity contribution < 1.29 is 4.79 Å². The number of thioether (sulfide) groups is 1. The third-order valence-electron chi connectivity index (χ3n) is 2.78. The van der Waals surface area contributed by atoms with E-state index in [9.17, 15) is 4.79 Å². The van der Waals surface area contributed by atoms with Crippen LogP contribution in [0.5, 0.6) is 0 Å². The van der Waals surface area contributed by atoms with Gasteiger partial charge in [-0.25, -0.2) is 0 Å². The molecule has 80 valence electrons. The molecule has 1 N–H and O–H groups in total. The quantitative estimate of drug-likeness (QED) is 0.740. The number of carbonyl (C=O) groups is 1. The molecule has 2 atom stereocenters. The van der Waals surface area contributed by atoms with E-state index >= 15 is 0 Å². The lowest BCUT2D eigenvalue weighted by atomic mass is 10.1. The van der Waals surface area contributed by atoms with E-state index in [0.29, 0.717) is 5.25 Å². The maximum Gasteiger partial charge on any atom is 0.252 e.